The maximum Gasteiger partial charge on any atom is 0.134 e. The predicted molar refractivity (Wildman–Crippen MR) is 93.2 cm³/mol. The summed E-state index contributed by atoms with van der Waals surface area (Å²) in [6.45, 7) is 4.87. The molecule has 0 amide bonds. The third-order valence-electron chi connectivity index (χ3n) is 4.14. The van der Waals surface area contributed by atoms with E-state index in [2.05, 4.69) is 38.4 Å². The van der Waals surface area contributed by atoms with Gasteiger partial charge in [-0.15, -0.1) is 0 Å². The molecule has 1 N–H and O–H groups in total. The van der Waals surface area contributed by atoms with Crippen LogP contribution in [0.15, 0.2) is 30.3 Å². The summed E-state index contributed by atoms with van der Waals surface area (Å²) in [7, 11) is 1.68. The normalized spacial score (nSPS) is 14.6. The van der Waals surface area contributed by atoms with Crippen molar-refractivity contribution in [2.24, 2.45) is 0 Å². The molecular weight excluding hydrogens is 288 g/mol. The zero-order valence-corrected chi connectivity index (χ0v) is 13.9. The van der Waals surface area contributed by atoms with Gasteiger partial charge in [0, 0.05) is 25.7 Å². The molecule has 1 aliphatic rings. The van der Waals surface area contributed by atoms with Crippen LogP contribution in [0.1, 0.15) is 30.7 Å². The van der Waals surface area contributed by atoms with E-state index in [0.29, 0.717) is 0 Å². The number of aryl methyl sites for hydroxylation is 1. The van der Waals surface area contributed by atoms with Gasteiger partial charge in [0.1, 0.15) is 23.2 Å². The van der Waals surface area contributed by atoms with E-state index in [4.69, 9.17) is 4.74 Å². The minimum atomic E-state index is 0.736. The highest BCUT2D eigenvalue weighted by Crippen LogP contribution is 2.21. The lowest BCUT2D eigenvalue weighted by Gasteiger charge is -2.28. The zero-order valence-electron chi connectivity index (χ0n) is 13.9. The monoisotopic (exact) mass is 312 g/mol. The fourth-order valence-electron chi connectivity index (χ4n) is 2.86. The van der Waals surface area contributed by atoms with Crippen molar-refractivity contribution in [2.45, 2.75) is 32.7 Å². The van der Waals surface area contributed by atoms with E-state index < -0.39 is 0 Å². The van der Waals surface area contributed by atoms with E-state index in [-0.39, 0.29) is 0 Å². The molecule has 0 saturated carbocycles. The molecule has 5 nitrogen and oxygen atoms in total. The zero-order chi connectivity index (χ0) is 16.1. The van der Waals surface area contributed by atoms with Crippen LogP contribution in [0.3, 0.4) is 0 Å². The summed E-state index contributed by atoms with van der Waals surface area (Å²) in [5.74, 6) is 3.60. The third-order valence-corrected chi connectivity index (χ3v) is 4.14. The fourth-order valence-corrected chi connectivity index (χ4v) is 2.86. The summed E-state index contributed by atoms with van der Waals surface area (Å²) in [6, 6.07) is 10.1. The van der Waals surface area contributed by atoms with Crippen LogP contribution < -0.4 is 15.0 Å². The van der Waals surface area contributed by atoms with Gasteiger partial charge in [-0.05, 0) is 43.9 Å². The molecule has 0 aliphatic carbocycles. The number of hydrogen-bond donors (Lipinski definition) is 1. The van der Waals surface area contributed by atoms with Gasteiger partial charge in [0.15, 0.2) is 0 Å². The number of nitrogens with one attached hydrogen (secondary N) is 1. The Balaban J connectivity index is 1.68. The van der Waals surface area contributed by atoms with Gasteiger partial charge >= 0.3 is 0 Å². The van der Waals surface area contributed by atoms with E-state index in [0.717, 1.165) is 42.8 Å². The molecule has 2 heterocycles. The van der Waals surface area contributed by atoms with Crippen molar-refractivity contribution in [2.75, 3.05) is 30.4 Å². The Morgan fingerprint density at radius 3 is 2.52 bits per heavy atom. The molecule has 0 atom stereocenters. The molecule has 0 unspecified atom stereocenters. The van der Waals surface area contributed by atoms with E-state index in [1.165, 1.54) is 24.8 Å². The summed E-state index contributed by atoms with van der Waals surface area (Å²) >= 11 is 0. The predicted octanol–water partition coefficient (Wildman–Crippen LogP) is 3.40. The molecule has 1 saturated heterocycles. The molecule has 0 spiro atoms. The summed E-state index contributed by atoms with van der Waals surface area (Å²) in [6.07, 6.45) is 3.82. The maximum absolute atomic E-state index is 5.18. The molecular formula is C18H24N4O. The van der Waals surface area contributed by atoms with Gasteiger partial charge in [-0.1, -0.05) is 12.1 Å². The molecule has 1 aliphatic heterocycles. The lowest BCUT2D eigenvalue weighted by Crippen LogP contribution is -2.30. The molecule has 122 valence electrons. The van der Waals surface area contributed by atoms with Crippen molar-refractivity contribution in [1.29, 1.82) is 0 Å². The van der Waals surface area contributed by atoms with Crippen molar-refractivity contribution < 1.29 is 4.74 Å². The highest BCUT2D eigenvalue weighted by Gasteiger charge is 2.13. The van der Waals surface area contributed by atoms with Gasteiger partial charge in [0.2, 0.25) is 0 Å². The van der Waals surface area contributed by atoms with Gasteiger partial charge in [-0.25, -0.2) is 9.97 Å². The molecule has 0 bridgehead atoms. The van der Waals surface area contributed by atoms with E-state index in [1.54, 1.807) is 7.11 Å². The average Bonchev–Trinajstić information content (AvgIpc) is 2.61. The van der Waals surface area contributed by atoms with Crippen molar-refractivity contribution in [3.05, 3.63) is 41.7 Å². The van der Waals surface area contributed by atoms with Crippen LogP contribution >= 0.6 is 0 Å². The van der Waals surface area contributed by atoms with Crippen molar-refractivity contribution >= 4 is 11.6 Å². The first-order valence-electron chi connectivity index (χ1n) is 8.22. The van der Waals surface area contributed by atoms with E-state index >= 15 is 0 Å². The largest absolute Gasteiger partial charge is 0.497 e. The Morgan fingerprint density at radius 1 is 1.09 bits per heavy atom. The number of benzene rings is 1. The second-order valence-electron chi connectivity index (χ2n) is 5.91. The highest BCUT2D eigenvalue weighted by molar-refractivity contribution is 5.50. The number of anilines is 2. The summed E-state index contributed by atoms with van der Waals surface area (Å²) < 4.78 is 5.18. The van der Waals surface area contributed by atoms with Gasteiger partial charge in [-0.2, -0.15) is 0 Å². The summed E-state index contributed by atoms with van der Waals surface area (Å²) in [4.78, 5) is 11.5. The number of rotatable bonds is 5. The first kappa shape index (κ1) is 15.6. The van der Waals surface area contributed by atoms with Gasteiger partial charge in [0.05, 0.1) is 7.11 Å². The van der Waals surface area contributed by atoms with E-state index in [9.17, 15) is 0 Å². The Morgan fingerprint density at radius 2 is 1.83 bits per heavy atom. The molecule has 2 aromatic rings. The van der Waals surface area contributed by atoms with Crippen LogP contribution in [0.5, 0.6) is 5.75 Å². The number of piperidine rings is 1. The second-order valence-corrected chi connectivity index (χ2v) is 5.91. The van der Waals surface area contributed by atoms with Crippen molar-refractivity contribution in [3.8, 4) is 5.75 Å². The van der Waals surface area contributed by atoms with Gasteiger partial charge in [-0.3, -0.25) is 0 Å². The van der Waals surface area contributed by atoms with Gasteiger partial charge in [0.25, 0.3) is 0 Å². The Hall–Kier alpha value is -2.30. The van der Waals surface area contributed by atoms with Crippen LogP contribution in [0.4, 0.5) is 11.6 Å². The minimum absolute atomic E-state index is 0.736. The quantitative estimate of drug-likeness (QED) is 0.917. The average molecular weight is 312 g/mol. The molecule has 23 heavy (non-hydrogen) atoms. The lowest BCUT2D eigenvalue weighted by atomic mass is 10.1. The summed E-state index contributed by atoms with van der Waals surface area (Å²) in [5, 5.41) is 3.40. The Bertz CT molecular complexity index is 636. The number of methoxy groups -OCH3 is 1. The number of nitrogens with zero attached hydrogens (tertiary/aromatic N) is 3. The van der Waals surface area contributed by atoms with Crippen molar-refractivity contribution in [3.63, 3.8) is 0 Å². The fraction of sp³-hybridized carbons (Fsp3) is 0.444. The maximum atomic E-state index is 5.18. The summed E-state index contributed by atoms with van der Waals surface area (Å²) in [5.41, 5.74) is 1.20. The van der Waals surface area contributed by atoms with Crippen LogP contribution in [0.25, 0.3) is 0 Å². The third kappa shape index (κ3) is 4.12. The standard InChI is InChI=1S/C18H24N4O/c1-14-20-17(12-18(21-14)22-10-4-3-5-11-22)19-13-15-6-8-16(23-2)9-7-15/h6-9,12H,3-5,10-11,13H2,1-2H3,(H,19,20,21). The first-order valence-corrected chi connectivity index (χ1v) is 8.22. The lowest BCUT2D eigenvalue weighted by molar-refractivity contribution is 0.414. The van der Waals surface area contributed by atoms with E-state index in [1.807, 2.05) is 19.1 Å². The smallest absolute Gasteiger partial charge is 0.134 e. The SMILES string of the molecule is COc1ccc(CNc2cc(N3CCCCC3)nc(C)n2)cc1. The first-order chi connectivity index (χ1) is 11.2. The van der Waals surface area contributed by atoms with Crippen LogP contribution in [0, 0.1) is 6.92 Å². The van der Waals surface area contributed by atoms with Crippen LogP contribution in [-0.2, 0) is 6.54 Å². The van der Waals surface area contributed by atoms with Crippen LogP contribution in [0.2, 0.25) is 0 Å². The Kier molecular flexibility index (Phi) is 4.95. The number of hydrogen-bond acceptors (Lipinski definition) is 5. The Labute approximate surface area is 137 Å². The topological polar surface area (TPSA) is 50.3 Å². The highest BCUT2D eigenvalue weighted by atomic mass is 16.5. The minimum Gasteiger partial charge on any atom is -0.497 e. The second kappa shape index (κ2) is 7.31. The number of aromatic nitrogens is 2. The van der Waals surface area contributed by atoms with Crippen LogP contribution in [-0.4, -0.2) is 30.2 Å². The van der Waals surface area contributed by atoms with Crippen molar-refractivity contribution in [1.82, 2.24) is 9.97 Å². The molecule has 1 aromatic carbocycles. The number of ether oxygens (including phenoxy) is 1. The molecule has 5 heteroatoms. The molecule has 1 aromatic heterocycles. The molecule has 1 fully saturated rings. The van der Waals surface area contributed by atoms with Gasteiger partial charge < -0.3 is 15.0 Å². The molecule has 3 rings (SSSR count). The molecule has 0 radical (unpaired) electrons.